The summed E-state index contributed by atoms with van der Waals surface area (Å²) < 4.78 is 1.32. The van der Waals surface area contributed by atoms with Gasteiger partial charge in [-0.05, 0) is 43.5 Å². The first-order chi connectivity index (χ1) is 10.6. The van der Waals surface area contributed by atoms with Crippen LogP contribution in [0.1, 0.15) is 20.3 Å². The summed E-state index contributed by atoms with van der Waals surface area (Å²) in [6.07, 6.45) is 1.92. The molecule has 0 spiro atoms. The number of hydrogen-bond donors (Lipinski definition) is 0. The molecule has 2 heterocycles. The molecule has 0 fully saturated rings. The molecule has 0 aliphatic carbocycles. The maximum Gasteiger partial charge on any atom is 0.137 e. The molecule has 5 heteroatoms. The van der Waals surface area contributed by atoms with Gasteiger partial charge >= 0.3 is 0 Å². The van der Waals surface area contributed by atoms with Crippen molar-refractivity contribution in [2.24, 2.45) is 0 Å². The number of Topliss-reactive ketones (excluding diaryl/α,β-unsaturated/α-hetero) is 2. The van der Waals surface area contributed by atoms with Crippen LogP contribution in [0.15, 0.2) is 54.7 Å². The van der Waals surface area contributed by atoms with E-state index < -0.39 is 0 Å². The largest absolute Gasteiger partial charge is 0.300 e. The smallest absolute Gasteiger partial charge is 0.137 e. The molecule has 121 valence electrons. The van der Waals surface area contributed by atoms with Crippen molar-refractivity contribution in [1.29, 1.82) is 0 Å². The van der Waals surface area contributed by atoms with Crippen LogP contribution < -0.4 is 0 Å². The van der Waals surface area contributed by atoms with E-state index in [0.29, 0.717) is 0 Å². The average molecular weight is 504 g/mol. The Morgan fingerprint density at radius 1 is 1.00 bits per heavy atom. The maximum atomic E-state index is 10.0. The first kappa shape index (κ1) is 19.4. The van der Waals surface area contributed by atoms with Crippen LogP contribution in [0.5, 0.6) is 0 Å². The quantitative estimate of drug-likeness (QED) is 0.494. The number of fused-ring (bicyclic) bond motifs is 1. The van der Waals surface area contributed by atoms with Crippen molar-refractivity contribution >= 4 is 33.0 Å². The normalized spacial score (nSPS) is 9.48. The minimum atomic E-state index is -0.0625. The number of ketones is 2. The molecule has 23 heavy (non-hydrogen) atoms. The minimum absolute atomic E-state index is 0. The Kier molecular flexibility index (Phi) is 7.96. The number of hydrogen-bond acceptors (Lipinski definition) is 4. The molecule has 0 aliphatic rings. The van der Waals surface area contributed by atoms with Crippen molar-refractivity contribution in [2.45, 2.75) is 20.3 Å². The fraction of sp³-hybridized carbons (Fsp3) is 0.167. The van der Waals surface area contributed by atoms with Crippen LogP contribution in [0.25, 0.3) is 20.7 Å². The molecule has 2 aromatic heterocycles. The number of benzene rings is 1. The number of aromatic nitrogens is 1. The molecule has 0 unspecified atom stereocenters. The summed E-state index contributed by atoms with van der Waals surface area (Å²) in [6.45, 7) is 2.81. The molecular weight excluding hydrogens is 486 g/mol. The van der Waals surface area contributed by atoms with E-state index in [4.69, 9.17) is 0 Å². The molecule has 3 nitrogen and oxygen atoms in total. The molecule has 0 N–H and O–H groups in total. The first-order valence-electron chi connectivity index (χ1n) is 6.95. The zero-order chi connectivity index (χ0) is 15.9. The van der Waals surface area contributed by atoms with E-state index in [1.165, 1.54) is 28.8 Å². The van der Waals surface area contributed by atoms with Crippen molar-refractivity contribution in [3.8, 4) is 10.6 Å². The Hall–Kier alpha value is -1.68. The van der Waals surface area contributed by atoms with Crippen LogP contribution in [-0.2, 0) is 29.7 Å². The number of nitrogens with zero attached hydrogens (tertiary/aromatic N) is 1. The van der Waals surface area contributed by atoms with E-state index in [1.807, 2.05) is 24.4 Å². The maximum absolute atomic E-state index is 10.0. The SMILES string of the molecule is CC(=O)CC(C)=O.[Ir].c1ccc(-c2cc3ccccc3s2)nc1. The molecule has 0 atom stereocenters. The van der Waals surface area contributed by atoms with Crippen molar-refractivity contribution in [2.75, 3.05) is 0 Å². The fourth-order valence-electron chi connectivity index (χ4n) is 1.97. The van der Waals surface area contributed by atoms with Crippen molar-refractivity contribution in [3.05, 3.63) is 54.7 Å². The zero-order valence-corrected chi connectivity index (χ0v) is 16.1. The average Bonchev–Trinajstić information content (AvgIpc) is 2.91. The Bertz CT molecular complexity index is 739. The third kappa shape index (κ3) is 6.14. The third-order valence-electron chi connectivity index (χ3n) is 2.84. The van der Waals surface area contributed by atoms with Gasteiger partial charge in [-0.1, -0.05) is 24.3 Å². The summed E-state index contributed by atoms with van der Waals surface area (Å²) in [7, 11) is 0. The Labute approximate surface area is 153 Å². The molecule has 0 saturated heterocycles. The predicted octanol–water partition coefficient (Wildman–Crippen LogP) is 4.52. The summed E-state index contributed by atoms with van der Waals surface area (Å²) in [6, 6.07) is 16.6. The summed E-state index contributed by atoms with van der Waals surface area (Å²) in [5.74, 6) is -0.125. The zero-order valence-electron chi connectivity index (χ0n) is 12.9. The van der Waals surface area contributed by atoms with E-state index in [1.54, 1.807) is 11.3 Å². The summed E-state index contributed by atoms with van der Waals surface area (Å²) in [4.78, 5) is 25.7. The number of carbonyl (C=O) groups excluding carboxylic acids is 2. The second kappa shape index (κ2) is 9.46. The van der Waals surface area contributed by atoms with Crippen molar-refractivity contribution < 1.29 is 29.7 Å². The van der Waals surface area contributed by atoms with Gasteiger partial charge in [0, 0.05) is 31.0 Å². The van der Waals surface area contributed by atoms with E-state index in [2.05, 4.69) is 35.3 Å². The van der Waals surface area contributed by atoms with Crippen molar-refractivity contribution in [3.63, 3.8) is 0 Å². The Morgan fingerprint density at radius 3 is 2.17 bits per heavy atom. The van der Waals surface area contributed by atoms with Gasteiger partial charge in [-0.3, -0.25) is 14.6 Å². The minimum Gasteiger partial charge on any atom is -0.300 e. The molecule has 0 aliphatic heterocycles. The van der Waals surface area contributed by atoms with Gasteiger partial charge in [0.2, 0.25) is 0 Å². The molecule has 0 bridgehead atoms. The van der Waals surface area contributed by atoms with Crippen LogP contribution in [0, 0.1) is 0 Å². The summed E-state index contributed by atoms with van der Waals surface area (Å²) >= 11 is 1.79. The molecule has 1 radical (unpaired) electrons. The fourth-order valence-corrected chi connectivity index (χ4v) is 3.01. The van der Waals surface area contributed by atoms with Gasteiger partial charge in [0.15, 0.2) is 0 Å². The number of pyridine rings is 1. The molecular formula is C18H17IrNO2S. The summed E-state index contributed by atoms with van der Waals surface area (Å²) in [5.41, 5.74) is 1.05. The van der Waals surface area contributed by atoms with Crippen LogP contribution in [0.2, 0.25) is 0 Å². The standard InChI is InChI=1S/C13H9NS.C5H8O2.Ir/c1-2-7-12-10(5-1)9-13(15-12)11-6-3-4-8-14-11;1-4(6)3-5(2)7;/h1-9H;3H2,1-2H3;. The Balaban J connectivity index is 0.000000287. The second-order valence-electron chi connectivity index (χ2n) is 4.94. The van der Waals surface area contributed by atoms with Crippen molar-refractivity contribution in [1.82, 2.24) is 4.98 Å². The molecule has 3 rings (SSSR count). The Morgan fingerprint density at radius 2 is 1.65 bits per heavy atom. The van der Waals surface area contributed by atoms with Gasteiger partial charge in [0.05, 0.1) is 17.0 Å². The van der Waals surface area contributed by atoms with Gasteiger partial charge in [-0.2, -0.15) is 0 Å². The van der Waals surface area contributed by atoms with Gasteiger partial charge in [-0.15, -0.1) is 11.3 Å². The third-order valence-corrected chi connectivity index (χ3v) is 3.98. The number of carbonyl (C=O) groups is 2. The molecule has 0 saturated carbocycles. The van der Waals surface area contributed by atoms with Crippen LogP contribution >= 0.6 is 11.3 Å². The van der Waals surface area contributed by atoms with Gasteiger partial charge in [-0.25, -0.2) is 0 Å². The number of rotatable bonds is 3. The van der Waals surface area contributed by atoms with Crippen LogP contribution in [0.3, 0.4) is 0 Å². The monoisotopic (exact) mass is 504 g/mol. The predicted molar refractivity (Wildman–Crippen MR) is 91.0 cm³/mol. The molecule has 0 amide bonds. The van der Waals surface area contributed by atoms with E-state index >= 15 is 0 Å². The van der Waals surface area contributed by atoms with Crippen LogP contribution in [0.4, 0.5) is 0 Å². The van der Waals surface area contributed by atoms with Crippen LogP contribution in [-0.4, -0.2) is 16.6 Å². The number of thiophene rings is 1. The topological polar surface area (TPSA) is 47.0 Å². The van der Waals surface area contributed by atoms with Gasteiger partial charge < -0.3 is 0 Å². The van der Waals surface area contributed by atoms with E-state index in [-0.39, 0.29) is 38.1 Å². The van der Waals surface area contributed by atoms with Gasteiger partial charge in [0.1, 0.15) is 11.6 Å². The summed E-state index contributed by atoms with van der Waals surface area (Å²) in [5, 5.41) is 1.29. The first-order valence-corrected chi connectivity index (χ1v) is 7.77. The van der Waals surface area contributed by atoms with E-state index in [0.717, 1.165) is 5.69 Å². The molecule has 3 aromatic rings. The second-order valence-corrected chi connectivity index (χ2v) is 6.03. The molecule has 1 aromatic carbocycles. The van der Waals surface area contributed by atoms with Gasteiger partial charge in [0.25, 0.3) is 0 Å². The van der Waals surface area contributed by atoms with E-state index in [9.17, 15) is 9.59 Å².